The summed E-state index contributed by atoms with van der Waals surface area (Å²) in [7, 11) is 0. The average molecular weight is 734 g/mol. The summed E-state index contributed by atoms with van der Waals surface area (Å²) >= 11 is 0. The summed E-state index contributed by atoms with van der Waals surface area (Å²) in [5, 5.41) is 2.16. The number of rotatable bonds is 6. The van der Waals surface area contributed by atoms with Gasteiger partial charge in [-0.2, -0.15) is 0 Å². The van der Waals surface area contributed by atoms with E-state index in [0.29, 0.717) is 28.8 Å². The van der Waals surface area contributed by atoms with E-state index in [2.05, 4.69) is 84.9 Å². The number of hydrogen-bond acceptors (Lipinski definition) is 5. The Labute approximate surface area is 332 Å². The van der Waals surface area contributed by atoms with E-state index >= 15 is 0 Å². The van der Waals surface area contributed by atoms with Crippen LogP contribution in [0, 0.1) is 0 Å². The van der Waals surface area contributed by atoms with Crippen molar-refractivity contribution in [2.24, 2.45) is 0 Å². The van der Waals surface area contributed by atoms with Crippen molar-refractivity contribution in [1.29, 1.82) is 0 Å². The Morgan fingerprint density at radius 1 is 0.404 bits per heavy atom. The number of fused-ring (bicyclic) bond motifs is 6. The van der Waals surface area contributed by atoms with Gasteiger partial charge in [-0.25, -0.2) is 15.0 Å². The summed E-state index contributed by atoms with van der Waals surface area (Å²) in [5.74, 6) is 2.18. The smallest absolute Gasteiger partial charge is 0.164 e. The summed E-state index contributed by atoms with van der Waals surface area (Å²) in [6.45, 7) is -1.93. The Kier molecular flexibility index (Phi) is 7.31. The predicted octanol–water partition coefficient (Wildman–Crippen LogP) is 13.3. The minimum absolute atomic E-state index is 0.511. The first-order chi connectivity index (χ1) is 29.0. The zero-order valence-electron chi connectivity index (χ0n) is 32.6. The zero-order chi connectivity index (χ0) is 39.5. The van der Waals surface area contributed by atoms with Crippen LogP contribution in [0.15, 0.2) is 192 Å². The lowest BCUT2D eigenvalue weighted by molar-refractivity contribution is 0.302. The molecule has 11 rings (SSSR count). The summed E-state index contributed by atoms with van der Waals surface area (Å²) in [6, 6.07) is 62.8. The molecule has 0 spiro atoms. The van der Waals surface area contributed by atoms with Crippen molar-refractivity contribution in [3.05, 3.63) is 194 Å². The molecule has 1 aliphatic rings. The second-order valence-corrected chi connectivity index (χ2v) is 14.1. The van der Waals surface area contributed by atoms with Crippen LogP contribution in [0.4, 0.5) is 0 Å². The highest BCUT2D eigenvalue weighted by Gasteiger charge is 2.21. The van der Waals surface area contributed by atoms with Crippen LogP contribution in [0.5, 0.6) is 5.75 Å². The number of furan rings is 1. The monoisotopic (exact) mass is 733 g/mol. The van der Waals surface area contributed by atoms with Gasteiger partial charge in [-0.05, 0) is 57.1 Å². The van der Waals surface area contributed by atoms with Gasteiger partial charge in [0, 0.05) is 38.6 Å². The van der Waals surface area contributed by atoms with Crippen LogP contribution >= 0.6 is 0 Å². The van der Waals surface area contributed by atoms with E-state index in [9.17, 15) is 0 Å². The SMILES string of the molecule is [2H]C1([2H])Oc2cccc(-c3ccc(-c4nc(-c5ccc(-c6ccccc6)cc5)nc(-c5cccc(-c6cccc7c6oc6ccccc67)c5)n4)cc3)c2-c2ccccc21. The van der Waals surface area contributed by atoms with Crippen molar-refractivity contribution in [3.63, 3.8) is 0 Å². The first-order valence-electron chi connectivity index (χ1n) is 19.9. The molecule has 0 aliphatic carbocycles. The van der Waals surface area contributed by atoms with Gasteiger partial charge in [0.25, 0.3) is 0 Å². The van der Waals surface area contributed by atoms with Gasteiger partial charge in [0.2, 0.25) is 0 Å². The Balaban J connectivity index is 1.02. The molecule has 5 heteroatoms. The highest BCUT2D eigenvalue weighted by molar-refractivity contribution is 6.09. The fourth-order valence-electron chi connectivity index (χ4n) is 7.84. The lowest BCUT2D eigenvalue weighted by Crippen LogP contribution is -2.06. The molecule has 0 fully saturated rings. The third-order valence-electron chi connectivity index (χ3n) is 10.7. The third kappa shape index (κ3) is 5.85. The number of ether oxygens (including phenoxy) is 1. The van der Waals surface area contributed by atoms with Gasteiger partial charge in [0.1, 0.15) is 23.5 Å². The van der Waals surface area contributed by atoms with Crippen LogP contribution in [-0.4, -0.2) is 15.0 Å². The van der Waals surface area contributed by atoms with Gasteiger partial charge in [-0.3, -0.25) is 0 Å². The summed E-state index contributed by atoms with van der Waals surface area (Å²) < 4.78 is 29.5. The van der Waals surface area contributed by atoms with E-state index in [-0.39, 0.29) is 0 Å². The standard InChI is InChI=1S/C52H33N3O2/c1-2-11-33(12-3-1)34-23-27-36(28-24-34)50-53-51(37-29-25-35(26-30-37)41-18-10-22-47-48(41)42-16-5-4-13-40(42)32-56-47)55-52(54-50)39-15-8-14-38(31-39)43-19-9-20-45-44-17-6-7-21-46(44)57-49(43)45/h1-31H,32H2/i32D2. The number of benzene rings is 8. The molecule has 8 aromatic carbocycles. The van der Waals surface area contributed by atoms with E-state index in [1.807, 2.05) is 97.1 Å². The molecule has 0 radical (unpaired) electrons. The molecule has 2 aromatic heterocycles. The van der Waals surface area contributed by atoms with Crippen molar-refractivity contribution < 1.29 is 11.9 Å². The highest BCUT2D eigenvalue weighted by Crippen LogP contribution is 2.44. The van der Waals surface area contributed by atoms with Gasteiger partial charge < -0.3 is 9.15 Å². The van der Waals surface area contributed by atoms with Crippen molar-refractivity contribution in [3.8, 4) is 84.4 Å². The van der Waals surface area contributed by atoms with E-state index in [4.69, 9.17) is 26.8 Å². The van der Waals surface area contributed by atoms with Crippen LogP contribution in [-0.2, 0) is 6.56 Å². The van der Waals surface area contributed by atoms with E-state index < -0.39 is 6.56 Å². The molecular formula is C52H33N3O2. The van der Waals surface area contributed by atoms with E-state index in [1.54, 1.807) is 6.07 Å². The van der Waals surface area contributed by atoms with Crippen LogP contribution in [0.2, 0.25) is 0 Å². The van der Waals surface area contributed by atoms with Crippen molar-refractivity contribution in [2.45, 2.75) is 6.56 Å². The maximum absolute atomic E-state index is 8.58. The zero-order valence-corrected chi connectivity index (χ0v) is 30.6. The second-order valence-electron chi connectivity index (χ2n) is 14.1. The van der Waals surface area contributed by atoms with Crippen LogP contribution in [0.25, 0.3) is 101 Å². The molecule has 0 N–H and O–H groups in total. The van der Waals surface area contributed by atoms with Crippen molar-refractivity contribution >= 4 is 21.9 Å². The van der Waals surface area contributed by atoms with E-state index in [1.165, 1.54) is 0 Å². The topological polar surface area (TPSA) is 61.0 Å². The van der Waals surface area contributed by atoms with E-state index in [0.717, 1.165) is 83.1 Å². The summed E-state index contributed by atoms with van der Waals surface area (Å²) in [5.41, 5.74) is 12.6. The van der Waals surface area contributed by atoms with Crippen LogP contribution in [0.3, 0.4) is 0 Å². The minimum Gasteiger partial charge on any atom is -0.488 e. The van der Waals surface area contributed by atoms with Crippen molar-refractivity contribution in [2.75, 3.05) is 0 Å². The quantitative estimate of drug-likeness (QED) is 0.170. The lowest BCUT2D eigenvalue weighted by atomic mass is 9.89. The second kappa shape index (κ2) is 13.6. The first kappa shape index (κ1) is 30.7. The number of nitrogens with zero attached hydrogens (tertiary/aromatic N) is 3. The first-order valence-corrected chi connectivity index (χ1v) is 18.9. The molecule has 268 valence electrons. The predicted molar refractivity (Wildman–Crippen MR) is 229 cm³/mol. The molecule has 0 saturated carbocycles. The Morgan fingerprint density at radius 2 is 0.947 bits per heavy atom. The fourth-order valence-corrected chi connectivity index (χ4v) is 7.84. The molecule has 1 aliphatic heterocycles. The molecule has 0 atom stereocenters. The molecule has 0 bridgehead atoms. The minimum atomic E-state index is -1.93. The molecule has 0 unspecified atom stereocenters. The maximum atomic E-state index is 8.58. The number of hydrogen-bond donors (Lipinski definition) is 0. The normalized spacial score (nSPS) is 13.3. The van der Waals surface area contributed by atoms with Gasteiger partial charge in [0.15, 0.2) is 17.5 Å². The fraction of sp³-hybridized carbons (Fsp3) is 0.0192. The molecule has 0 saturated heterocycles. The summed E-state index contributed by atoms with van der Waals surface area (Å²) in [4.78, 5) is 15.3. The third-order valence-corrected chi connectivity index (χ3v) is 10.7. The lowest BCUT2D eigenvalue weighted by Gasteiger charge is -2.23. The Hall–Kier alpha value is -7.63. The maximum Gasteiger partial charge on any atom is 0.164 e. The average Bonchev–Trinajstić information content (AvgIpc) is 3.68. The number of para-hydroxylation sites is 2. The Bertz CT molecular complexity index is 3210. The van der Waals surface area contributed by atoms with Gasteiger partial charge in [0.05, 0.1) is 2.74 Å². The largest absolute Gasteiger partial charge is 0.488 e. The van der Waals surface area contributed by atoms with Crippen LogP contribution < -0.4 is 4.74 Å². The highest BCUT2D eigenvalue weighted by atomic mass is 16.5. The number of aromatic nitrogens is 3. The molecule has 0 amide bonds. The molecule has 10 aromatic rings. The summed E-state index contributed by atoms with van der Waals surface area (Å²) in [6.07, 6.45) is 0. The van der Waals surface area contributed by atoms with Crippen LogP contribution in [0.1, 0.15) is 8.30 Å². The Morgan fingerprint density at radius 3 is 1.75 bits per heavy atom. The van der Waals surface area contributed by atoms with Gasteiger partial charge in [-0.1, -0.05) is 170 Å². The van der Waals surface area contributed by atoms with Crippen molar-refractivity contribution in [1.82, 2.24) is 15.0 Å². The van der Waals surface area contributed by atoms with Gasteiger partial charge >= 0.3 is 0 Å². The molecule has 5 nitrogen and oxygen atoms in total. The molecule has 3 heterocycles. The molecular weight excluding hydrogens is 699 g/mol. The van der Waals surface area contributed by atoms with Gasteiger partial charge in [-0.15, -0.1) is 0 Å². The molecule has 57 heavy (non-hydrogen) atoms.